The number of nitrogens with one attached hydrogen (secondary N) is 2. The van der Waals surface area contributed by atoms with Crippen LogP contribution in [0.2, 0.25) is 0 Å². The summed E-state index contributed by atoms with van der Waals surface area (Å²) >= 11 is 0. The number of aromatic amines is 1. The number of methoxy groups -OCH3 is 1. The lowest BCUT2D eigenvalue weighted by molar-refractivity contribution is 0.418. The summed E-state index contributed by atoms with van der Waals surface area (Å²) in [6.45, 7) is 5.22. The lowest BCUT2D eigenvalue weighted by Gasteiger charge is -2.24. The number of fused-ring (bicyclic) bond motifs is 3. The van der Waals surface area contributed by atoms with E-state index in [-0.39, 0.29) is 0 Å². The summed E-state index contributed by atoms with van der Waals surface area (Å²) in [5, 5.41) is 5.08. The molecule has 0 aliphatic carbocycles. The fourth-order valence-electron chi connectivity index (χ4n) is 4.26. The van der Waals surface area contributed by atoms with Crippen LogP contribution in [0.5, 0.6) is 5.75 Å². The Balaban J connectivity index is 1.67. The average Bonchev–Trinajstić information content (AvgIpc) is 3.06. The van der Waals surface area contributed by atoms with Gasteiger partial charge in [0.1, 0.15) is 5.75 Å². The topological polar surface area (TPSA) is 49.9 Å². The minimum Gasteiger partial charge on any atom is -0.495 e. The van der Waals surface area contributed by atoms with Crippen molar-refractivity contribution in [3.05, 3.63) is 58.5 Å². The van der Waals surface area contributed by atoms with Crippen molar-refractivity contribution in [1.29, 1.82) is 0 Å². The quantitative estimate of drug-likeness (QED) is 0.679. The van der Waals surface area contributed by atoms with Crippen LogP contribution in [0, 0.1) is 6.92 Å². The number of rotatable bonds is 6. The predicted octanol–water partition coefficient (Wildman–Crippen LogP) is 4.48. The van der Waals surface area contributed by atoms with Gasteiger partial charge in [-0.05, 0) is 55.0 Å². The summed E-state index contributed by atoms with van der Waals surface area (Å²) in [5.74, 6) is 0.937. The van der Waals surface area contributed by atoms with Gasteiger partial charge in [-0.2, -0.15) is 0 Å². The van der Waals surface area contributed by atoms with Gasteiger partial charge < -0.3 is 15.0 Å². The molecule has 0 radical (unpaired) electrons. The number of H-pyrrole nitrogens is 1. The number of nitrogens with zero attached hydrogens (tertiary/aromatic N) is 1. The zero-order valence-electron chi connectivity index (χ0n) is 16.6. The van der Waals surface area contributed by atoms with Crippen molar-refractivity contribution in [2.75, 3.05) is 7.11 Å². The zero-order chi connectivity index (χ0) is 18.8. The van der Waals surface area contributed by atoms with Crippen molar-refractivity contribution < 1.29 is 4.74 Å². The molecule has 4 rings (SSSR count). The first kappa shape index (κ1) is 18.1. The first-order valence-electron chi connectivity index (χ1n) is 10.0. The molecule has 2 N–H and O–H groups in total. The molecular formula is C23H29N3O. The largest absolute Gasteiger partial charge is 0.495 e. The predicted molar refractivity (Wildman–Crippen MR) is 110 cm³/mol. The SMILES string of the molecule is CCCC1Cc2[nH]c3c(OC)ccc(CCc4ccc(C)nc4)c3c2CN1. The van der Waals surface area contributed by atoms with Gasteiger partial charge >= 0.3 is 0 Å². The van der Waals surface area contributed by atoms with Gasteiger partial charge in [-0.25, -0.2) is 0 Å². The first-order valence-corrected chi connectivity index (χ1v) is 10.0. The van der Waals surface area contributed by atoms with E-state index in [9.17, 15) is 0 Å². The molecule has 1 atom stereocenters. The summed E-state index contributed by atoms with van der Waals surface area (Å²) in [4.78, 5) is 8.12. The van der Waals surface area contributed by atoms with E-state index in [1.54, 1.807) is 7.11 Å². The second-order valence-corrected chi connectivity index (χ2v) is 7.64. The molecule has 1 aromatic carbocycles. The van der Waals surface area contributed by atoms with Crippen molar-refractivity contribution in [2.45, 2.75) is 58.5 Å². The molecule has 4 nitrogen and oxygen atoms in total. The highest BCUT2D eigenvalue weighted by Crippen LogP contribution is 2.35. The van der Waals surface area contributed by atoms with Crippen LogP contribution in [0.15, 0.2) is 30.5 Å². The van der Waals surface area contributed by atoms with Crippen LogP contribution in [0.1, 0.15) is 47.8 Å². The van der Waals surface area contributed by atoms with E-state index < -0.39 is 0 Å². The number of aromatic nitrogens is 2. The second kappa shape index (κ2) is 7.73. The van der Waals surface area contributed by atoms with Gasteiger partial charge in [0.2, 0.25) is 0 Å². The van der Waals surface area contributed by atoms with Gasteiger partial charge in [0.25, 0.3) is 0 Å². The molecule has 3 aromatic rings. The standard InChI is InChI=1S/C23H29N3O/c1-4-5-18-12-20-19(14-25-18)22-17(10-11-21(27-3)23(22)26-20)9-8-16-7-6-15(2)24-13-16/h6-7,10-11,13,18,25-26H,4-5,8-9,12,14H2,1-3H3. The monoisotopic (exact) mass is 363 g/mol. The first-order chi connectivity index (χ1) is 13.2. The van der Waals surface area contributed by atoms with Crippen LogP contribution in [0.25, 0.3) is 10.9 Å². The van der Waals surface area contributed by atoms with Crippen molar-refractivity contribution in [3.8, 4) is 5.75 Å². The molecule has 0 fully saturated rings. The third-order valence-electron chi connectivity index (χ3n) is 5.73. The van der Waals surface area contributed by atoms with Crippen molar-refractivity contribution in [2.24, 2.45) is 0 Å². The summed E-state index contributed by atoms with van der Waals surface area (Å²) in [6.07, 6.45) is 7.52. The van der Waals surface area contributed by atoms with E-state index in [2.05, 4.69) is 46.5 Å². The van der Waals surface area contributed by atoms with Gasteiger partial charge in [-0.3, -0.25) is 4.98 Å². The molecule has 1 aliphatic heterocycles. The van der Waals surface area contributed by atoms with Crippen LogP contribution in [-0.4, -0.2) is 23.1 Å². The van der Waals surface area contributed by atoms with Crippen molar-refractivity contribution >= 4 is 10.9 Å². The minimum absolute atomic E-state index is 0.573. The maximum atomic E-state index is 5.65. The smallest absolute Gasteiger partial charge is 0.142 e. The van der Waals surface area contributed by atoms with E-state index in [0.29, 0.717) is 6.04 Å². The number of ether oxygens (including phenoxy) is 1. The molecule has 1 aliphatic rings. The fraction of sp³-hybridized carbons (Fsp3) is 0.435. The summed E-state index contributed by atoms with van der Waals surface area (Å²) in [7, 11) is 1.75. The van der Waals surface area contributed by atoms with Gasteiger partial charge in [0.15, 0.2) is 0 Å². The lowest BCUT2D eigenvalue weighted by atomic mass is 9.94. The third-order valence-corrected chi connectivity index (χ3v) is 5.73. The number of hydrogen-bond donors (Lipinski definition) is 2. The van der Waals surface area contributed by atoms with Gasteiger partial charge in [-0.1, -0.05) is 25.5 Å². The van der Waals surface area contributed by atoms with E-state index in [1.807, 2.05) is 13.1 Å². The zero-order valence-corrected chi connectivity index (χ0v) is 16.6. The maximum absolute atomic E-state index is 5.65. The van der Waals surface area contributed by atoms with Crippen LogP contribution in [-0.2, 0) is 25.8 Å². The Morgan fingerprint density at radius 2 is 2.07 bits per heavy atom. The molecule has 0 saturated carbocycles. The second-order valence-electron chi connectivity index (χ2n) is 7.64. The molecule has 0 bridgehead atoms. The van der Waals surface area contributed by atoms with E-state index in [1.165, 1.54) is 40.6 Å². The Bertz CT molecular complexity index is 927. The summed E-state index contributed by atoms with van der Waals surface area (Å²) < 4.78 is 5.65. The molecule has 3 heterocycles. The van der Waals surface area contributed by atoms with Gasteiger partial charge in [0, 0.05) is 42.0 Å². The molecule has 27 heavy (non-hydrogen) atoms. The molecule has 142 valence electrons. The van der Waals surface area contributed by atoms with Gasteiger partial charge in [0.05, 0.1) is 12.6 Å². The number of pyridine rings is 1. The minimum atomic E-state index is 0.573. The van der Waals surface area contributed by atoms with Crippen LogP contribution < -0.4 is 10.1 Å². The Labute approximate surface area is 161 Å². The summed E-state index contributed by atoms with van der Waals surface area (Å²) in [6, 6.07) is 9.18. The molecule has 4 heteroatoms. The van der Waals surface area contributed by atoms with Crippen LogP contribution in [0.4, 0.5) is 0 Å². The normalized spacial score (nSPS) is 16.5. The molecular weight excluding hydrogens is 334 g/mol. The molecule has 0 spiro atoms. The number of hydrogen-bond acceptors (Lipinski definition) is 3. The molecule has 1 unspecified atom stereocenters. The molecule has 2 aromatic heterocycles. The van der Waals surface area contributed by atoms with Crippen molar-refractivity contribution in [3.63, 3.8) is 0 Å². The highest BCUT2D eigenvalue weighted by molar-refractivity contribution is 5.92. The average molecular weight is 364 g/mol. The fourth-order valence-corrected chi connectivity index (χ4v) is 4.26. The lowest BCUT2D eigenvalue weighted by Crippen LogP contribution is -2.35. The Kier molecular flexibility index (Phi) is 5.17. The Morgan fingerprint density at radius 1 is 1.19 bits per heavy atom. The number of benzene rings is 1. The number of aryl methyl sites for hydroxylation is 3. The Morgan fingerprint density at radius 3 is 2.81 bits per heavy atom. The van der Waals surface area contributed by atoms with Crippen LogP contribution in [0.3, 0.4) is 0 Å². The van der Waals surface area contributed by atoms with Crippen LogP contribution >= 0.6 is 0 Å². The highest BCUT2D eigenvalue weighted by atomic mass is 16.5. The molecule has 0 saturated heterocycles. The van der Waals surface area contributed by atoms with Crippen molar-refractivity contribution in [1.82, 2.24) is 15.3 Å². The van der Waals surface area contributed by atoms with E-state index in [0.717, 1.165) is 42.8 Å². The van der Waals surface area contributed by atoms with E-state index in [4.69, 9.17) is 4.74 Å². The van der Waals surface area contributed by atoms with Gasteiger partial charge in [-0.15, -0.1) is 0 Å². The molecule has 0 amide bonds. The third kappa shape index (κ3) is 3.59. The maximum Gasteiger partial charge on any atom is 0.142 e. The Hall–Kier alpha value is -2.33. The van der Waals surface area contributed by atoms with E-state index >= 15 is 0 Å². The highest BCUT2D eigenvalue weighted by Gasteiger charge is 2.24. The summed E-state index contributed by atoms with van der Waals surface area (Å²) in [5.41, 5.74) is 7.70.